The van der Waals surface area contributed by atoms with Gasteiger partial charge in [0.05, 0.1) is 13.1 Å². The van der Waals surface area contributed by atoms with Crippen LogP contribution in [0.4, 0.5) is 17.6 Å². The highest BCUT2D eigenvalue weighted by molar-refractivity contribution is 5.53. The number of piperidine rings is 1. The first kappa shape index (κ1) is 15.7. The van der Waals surface area contributed by atoms with E-state index in [2.05, 4.69) is 34.1 Å². The SMILES string of the molecule is CC1CC(C)C[NH+](Cc2nc(N)nc(Nc3ccccc3)n2)C1. The minimum absolute atomic E-state index is 0.269. The number of likely N-dealkylation sites (tertiary alicyclic amines) is 1. The lowest BCUT2D eigenvalue weighted by molar-refractivity contribution is -0.926. The summed E-state index contributed by atoms with van der Waals surface area (Å²) in [5, 5.41) is 3.19. The van der Waals surface area contributed by atoms with E-state index in [0.29, 0.717) is 5.95 Å². The van der Waals surface area contributed by atoms with Crippen molar-refractivity contribution in [1.29, 1.82) is 0 Å². The van der Waals surface area contributed by atoms with Crippen molar-refractivity contribution < 1.29 is 4.90 Å². The number of benzene rings is 1. The highest BCUT2D eigenvalue weighted by Gasteiger charge is 2.26. The molecule has 2 atom stereocenters. The first-order chi connectivity index (χ1) is 11.1. The molecule has 0 amide bonds. The number of nitrogens with two attached hydrogens (primary N) is 1. The zero-order valence-corrected chi connectivity index (χ0v) is 13.8. The maximum absolute atomic E-state index is 5.86. The van der Waals surface area contributed by atoms with Crippen molar-refractivity contribution in [3.05, 3.63) is 36.2 Å². The van der Waals surface area contributed by atoms with E-state index < -0.39 is 0 Å². The molecule has 1 fully saturated rings. The minimum Gasteiger partial charge on any atom is -0.368 e. The Morgan fingerprint density at radius 3 is 2.48 bits per heavy atom. The Hall–Kier alpha value is -2.21. The smallest absolute Gasteiger partial charge is 0.232 e. The highest BCUT2D eigenvalue weighted by atomic mass is 15.2. The Labute approximate surface area is 137 Å². The third kappa shape index (κ3) is 4.39. The molecule has 4 N–H and O–H groups in total. The molecule has 0 aliphatic carbocycles. The standard InChI is InChI=1S/C17H24N6/c1-12-8-13(2)10-23(9-12)11-15-20-16(18)22-17(21-15)19-14-6-4-3-5-7-14/h3-7,12-13H,8-11H2,1-2H3,(H3,18,19,20,21,22)/p+1. The lowest BCUT2D eigenvalue weighted by Crippen LogP contribution is -3.13. The molecular weight excluding hydrogens is 288 g/mol. The van der Waals surface area contributed by atoms with Gasteiger partial charge in [0.25, 0.3) is 0 Å². The summed E-state index contributed by atoms with van der Waals surface area (Å²) in [7, 11) is 0. The van der Waals surface area contributed by atoms with Gasteiger partial charge in [-0.25, -0.2) is 0 Å². The van der Waals surface area contributed by atoms with Crippen molar-refractivity contribution in [2.45, 2.75) is 26.8 Å². The van der Waals surface area contributed by atoms with Gasteiger partial charge in [-0.05, 0) is 18.6 Å². The number of quaternary nitrogens is 1. The van der Waals surface area contributed by atoms with Gasteiger partial charge in [-0.3, -0.25) is 0 Å². The third-order valence-electron chi connectivity index (χ3n) is 4.22. The fourth-order valence-electron chi connectivity index (χ4n) is 3.51. The molecule has 1 aromatic carbocycles. The van der Waals surface area contributed by atoms with E-state index in [-0.39, 0.29) is 5.95 Å². The first-order valence-corrected chi connectivity index (χ1v) is 8.24. The second-order valence-corrected chi connectivity index (χ2v) is 6.71. The van der Waals surface area contributed by atoms with Crippen LogP contribution in [0.25, 0.3) is 0 Å². The molecule has 2 unspecified atom stereocenters. The van der Waals surface area contributed by atoms with Gasteiger partial charge in [-0.2, -0.15) is 15.0 Å². The molecule has 2 heterocycles. The van der Waals surface area contributed by atoms with Gasteiger partial charge < -0.3 is 16.0 Å². The van der Waals surface area contributed by atoms with E-state index in [9.17, 15) is 0 Å². The number of hydrogen-bond donors (Lipinski definition) is 3. The van der Waals surface area contributed by atoms with Crippen LogP contribution >= 0.6 is 0 Å². The highest BCUT2D eigenvalue weighted by Crippen LogP contribution is 2.14. The van der Waals surface area contributed by atoms with Crippen LogP contribution in [0, 0.1) is 11.8 Å². The molecule has 1 aromatic heterocycles. The van der Waals surface area contributed by atoms with Crippen LogP contribution in [-0.4, -0.2) is 28.0 Å². The van der Waals surface area contributed by atoms with E-state index >= 15 is 0 Å². The van der Waals surface area contributed by atoms with Crippen LogP contribution in [0.3, 0.4) is 0 Å². The Bertz CT molecular complexity index is 635. The number of nitrogen functional groups attached to an aromatic ring is 1. The number of nitrogens with zero attached hydrogens (tertiary/aromatic N) is 3. The third-order valence-corrected chi connectivity index (χ3v) is 4.22. The maximum atomic E-state index is 5.86. The summed E-state index contributed by atoms with van der Waals surface area (Å²) < 4.78 is 0. The van der Waals surface area contributed by atoms with Gasteiger partial charge in [0, 0.05) is 17.5 Å². The van der Waals surface area contributed by atoms with Crippen LogP contribution < -0.4 is 16.0 Å². The molecule has 3 rings (SSSR count). The molecule has 1 aliphatic rings. The molecule has 0 spiro atoms. The normalized spacial score (nSPS) is 24.3. The summed E-state index contributed by atoms with van der Waals surface area (Å²) in [6, 6.07) is 9.85. The van der Waals surface area contributed by atoms with E-state index in [1.807, 2.05) is 30.3 Å². The monoisotopic (exact) mass is 313 g/mol. The average molecular weight is 313 g/mol. The zero-order valence-electron chi connectivity index (χ0n) is 13.8. The number of hydrogen-bond acceptors (Lipinski definition) is 5. The lowest BCUT2D eigenvalue weighted by atomic mass is 9.92. The summed E-state index contributed by atoms with van der Waals surface area (Å²) in [6.45, 7) is 7.76. The zero-order chi connectivity index (χ0) is 16.2. The van der Waals surface area contributed by atoms with Gasteiger partial charge in [0.1, 0.15) is 6.54 Å². The molecule has 0 saturated carbocycles. The van der Waals surface area contributed by atoms with Gasteiger partial charge >= 0.3 is 0 Å². The quantitative estimate of drug-likeness (QED) is 0.792. The molecule has 1 aliphatic heterocycles. The van der Waals surface area contributed by atoms with E-state index in [4.69, 9.17) is 5.73 Å². The van der Waals surface area contributed by atoms with Crippen LogP contribution in [0.15, 0.2) is 30.3 Å². The average Bonchev–Trinajstić information content (AvgIpc) is 2.46. The molecular formula is C17H25N6+. The fourth-order valence-corrected chi connectivity index (χ4v) is 3.51. The molecule has 6 nitrogen and oxygen atoms in total. The number of anilines is 3. The number of rotatable bonds is 4. The minimum atomic E-state index is 0.269. The van der Waals surface area contributed by atoms with E-state index in [0.717, 1.165) is 43.0 Å². The second-order valence-electron chi connectivity index (χ2n) is 6.71. The summed E-state index contributed by atoms with van der Waals surface area (Å²) in [5.74, 6) is 3.03. The van der Waals surface area contributed by atoms with Crippen molar-refractivity contribution >= 4 is 17.6 Å². The van der Waals surface area contributed by atoms with Gasteiger partial charge in [0.15, 0.2) is 5.82 Å². The summed E-state index contributed by atoms with van der Waals surface area (Å²) in [5.41, 5.74) is 6.80. The maximum Gasteiger partial charge on any atom is 0.232 e. The number of aromatic nitrogens is 3. The predicted octanol–water partition coefficient (Wildman–Crippen LogP) is 1.26. The van der Waals surface area contributed by atoms with Gasteiger partial charge in [0.2, 0.25) is 11.9 Å². The van der Waals surface area contributed by atoms with E-state index in [1.54, 1.807) is 0 Å². The molecule has 6 heteroatoms. The predicted molar refractivity (Wildman–Crippen MR) is 91.3 cm³/mol. The Kier molecular flexibility index (Phi) is 4.71. The fraction of sp³-hybridized carbons (Fsp3) is 0.471. The lowest BCUT2D eigenvalue weighted by Gasteiger charge is -2.31. The van der Waals surface area contributed by atoms with Crippen molar-refractivity contribution in [3.8, 4) is 0 Å². The van der Waals surface area contributed by atoms with Crippen molar-refractivity contribution in [1.82, 2.24) is 15.0 Å². The van der Waals surface area contributed by atoms with Crippen molar-refractivity contribution in [2.75, 3.05) is 24.1 Å². The summed E-state index contributed by atoms with van der Waals surface area (Å²) in [4.78, 5) is 14.6. The van der Waals surface area contributed by atoms with Crippen LogP contribution in [0.5, 0.6) is 0 Å². The summed E-state index contributed by atoms with van der Waals surface area (Å²) in [6.07, 6.45) is 1.31. The van der Waals surface area contributed by atoms with Crippen LogP contribution in [-0.2, 0) is 6.54 Å². The molecule has 2 aromatic rings. The molecule has 1 saturated heterocycles. The summed E-state index contributed by atoms with van der Waals surface area (Å²) >= 11 is 0. The molecule has 0 bridgehead atoms. The molecule has 0 radical (unpaired) electrons. The van der Waals surface area contributed by atoms with Crippen LogP contribution in [0.1, 0.15) is 26.1 Å². The Morgan fingerprint density at radius 1 is 1.09 bits per heavy atom. The molecule has 23 heavy (non-hydrogen) atoms. The number of nitrogens with one attached hydrogen (secondary N) is 2. The Balaban J connectivity index is 1.72. The van der Waals surface area contributed by atoms with Crippen LogP contribution in [0.2, 0.25) is 0 Å². The van der Waals surface area contributed by atoms with Crippen molar-refractivity contribution in [3.63, 3.8) is 0 Å². The van der Waals surface area contributed by atoms with Gasteiger partial charge in [-0.15, -0.1) is 0 Å². The first-order valence-electron chi connectivity index (χ1n) is 8.24. The number of para-hydroxylation sites is 1. The van der Waals surface area contributed by atoms with Gasteiger partial charge in [-0.1, -0.05) is 32.0 Å². The molecule has 122 valence electrons. The largest absolute Gasteiger partial charge is 0.368 e. The van der Waals surface area contributed by atoms with E-state index in [1.165, 1.54) is 11.3 Å². The second kappa shape index (κ2) is 6.91. The topological polar surface area (TPSA) is 81.2 Å². The van der Waals surface area contributed by atoms with Crippen molar-refractivity contribution in [2.24, 2.45) is 11.8 Å². The Morgan fingerprint density at radius 2 is 1.78 bits per heavy atom.